The topological polar surface area (TPSA) is 9.23 Å². The minimum absolute atomic E-state index is 0. The Kier molecular flexibility index (Phi) is 9.49. The molecule has 4 bridgehead atoms. The van der Waals surface area contributed by atoms with Crippen molar-refractivity contribution in [3.8, 4) is 5.75 Å². The first kappa shape index (κ1) is 23.2. The fourth-order valence-corrected chi connectivity index (χ4v) is 5.46. The van der Waals surface area contributed by atoms with Gasteiger partial charge in [-0.2, -0.15) is 18.2 Å². The summed E-state index contributed by atoms with van der Waals surface area (Å²) in [6.07, 6.45) is 8.71. The molecule has 4 saturated carbocycles. The van der Waals surface area contributed by atoms with Crippen LogP contribution in [-0.2, 0) is 5.41 Å². The zero-order chi connectivity index (χ0) is 12.2. The van der Waals surface area contributed by atoms with Crippen molar-refractivity contribution in [2.45, 2.75) is 43.9 Å². The predicted molar refractivity (Wildman–Crippen MR) is 77.4 cm³/mol. The molecule has 1 aromatic carbocycles. The average Bonchev–Trinajstić information content (AvgIpc) is 2.37. The van der Waals surface area contributed by atoms with Crippen molar-refractivity contribution >= 4 is 23.1 Å². The number of rotatable bonds is 2. The zero-order valence-electron chi connectivity index (χ0n) is 13.6. The molecule has 0 N–H and O–H groups in total. The second-order valence-electron chi connectivity index (χ2n) is 6.82. The van der Waals surface area contributed by atoms with Gasteiger partial charge in [0.1, 0.15) is 0 Å². The van der Waals surface area contributed by atoms with E-state index in [1.165, 1.54) is 44.1 Å². The number of ether oxygens (including phenoxy) is 1. The summed E-state index contributed by atoms with van der Waals surface area (Å²) in [5, 5.41) is 0. The first-order chi connectivity index (χ1) is 8.79. The third-order valence-electron chi connectivity index (χ3n) is 5.66. The first-order valence-corrected chi connectivity index (χ1v) is 7.34. The van der Waals surface area contributed by atoms with Gasteiger partial charge in [-0.1, -0.05) is 0 Å². The van der Waals surface area contributed by atoms with E-state index in [1.807, 2.05) is 6.07 Å². The standard InChI is InChI=1S/C17H21O.BrH.ClH.Li.Mg/c1-18-16-5-3-2-4-15(16)17-9-12-6-13(10-17)8-14(7-12)11-17;;;;/h2,4-5,12-14H,6-11H2,1H3;2*1H;;/q-1;;;+1;+2/p-2. The van der Waals surface area contributed by atoms with Crippen LogP contribution in [0, 0.1) is 23.8 Å². The van der Waals surface area contributed by atoms with E-state index in [2.05, 4.69) is 18.2 Å². The van der Waals surface area contributed by atoms with Crippen molar-refractivity contribution in [2.24, 2.45) is 17.8 Å². The minimum atomic E-state index is 0. The summed E-state index contributed by atoms with van der Waals surface area (Å²) in [5.41, 5.74) is 1.91. The molecule has 1 aromatic rings. The fraction of sp³-hybridized carbons (Fsp3) is 0.647. The van der Waals surface area contributed by atoms with Crippen LogP contribution < -0.4 is 53.0 Å². The molecule has 5 heteroatoms. The maximum atomic E-state index is 5.60. The van der Waals surface area contributed by atoms with Crippen molar-refractivity contribution in [2.75, 3.05) is 7.11 Å². The smallest absolute Gasteiger partial charge is 1.00 e. The van der Waals surface area contributed by atoms with Gasteiger partial charge in [-0.3, -0.25) is 0 Å². The van der Waals surface area contributed by atoms with E-state index in [0.29, 0.717) is 5.41 Å². The molecule has 4 fully saturated rings. The van der Waals surface area contributed by atoms with Crippen molar-refractivity contribution in [1.29, 1.82) is 0 Å². The third kappa shape index (κ3) is 3.86. The summed E-state index contributed by atoms with van der Waals surface area (Å²) in [5.74, 6) is 4.04. The average molecular weight is 388 g/mol. The van der Waals surface area contributed by atoms with E-state index in [1.54, 1.807) is 7.11 Å². The second kappa shape index (κ2) is 9.02. The van der Waals surface area contributed by atoms with Gasteiger partial charge in [0.25, 0.3) is 0 Å². The van der Waals surface area contributed by atoms with Gasteiger partial charge in [0.05, 0.1) is 7.11 Å². The number of hydrogen-bond acceptors (Lipinski definition) is 1. The quantitative estimate of drug-likeness (QED) is 0.364. The first-order valence-electron chi connectivity index (χ1n) is 7.34. The Morgan fingerprint density at radius 1 is 1.09 bits per heavy atom. The van der Waals surface area contributed by atoms with Crippen LogP contribution in [0.3, 0.4) is 0 Å². The van der Waals surface area contributed by atoms with Gasteiger partial charge < -0.3 is 34.1 Å². The van der Waals surface area contributed by atoms with Gasteiger partial charge in [-0.05, 0) is 61.7 Å². The molecular weight excluding hydrogens is 367 g/mol. The Balaban J connectivity index is 0.00000110. The van der Waals surface area contributed by atoms with Crippen LogP contribution >= 0.6 is 0 Å². The molecule has 0 aromatic heterocycles. The van der Waals surface area contributed by atoms with Crippen LogP contribution in [0.2, 0.25) is 0 Å². The van der Waals surface area contributed by atoms with Crippen molar-refractivity contribution in [1.82, 2.24) is 0 Å². The van der Waals surface area contributed by atoms with Gasteiger partial charge in [-0.25, -0.2) is 0 Å². The summed E-state index contributed by atoms with van der Waals surface area (Å²) >= 11 is 0. The maximum absolute atomic E-state index is 5.60. The molecule has 1 nitrogen and oxygen atoms in total. The van der Waals surface area contributed by atoms with E-state index >= 15 is 0 Å². The van der Waals surface area contributed by atoms with Crippen LogP contribution in [0.15, 0.2) is 18.2 Å². The summed E-state index contributed by atoms with van der Waals surface area (Å²) in [6.45, 7) is 0. The largest absolute Gasteiger partial charge is 2.00 e. The molecule has 112 valence electrons. The van der Waals surface area contributed by atoms with E-state index in [4.69, 9.17) is 4.74 Å². The van der Waals surface area contributed by atoms with Crippen molar-refractivity contribution in [3.63, 3.8) is 0 Å². The van der Waals surface area contributed by atoms with Gasteiger partial charge in [0.15, 0.2) is 0 Å². The Morgan fingerprint density at radius 3 is 2.05 bits per heavy atom. The summed E-state index contributed by atoms with van der Waals surface area (Å²) in [7, 11) is 1.80. The molecular formula is C17H21BrClLiMgO. The molecule has 0 radical (unpaired) electrons. The SMILES string of the molecule is COc1c[c-]ccc1C12CC3CC(CC(C3)C1)C2.[Br-].[Cl-].[Li+].[Mg+2]. The van der Waals surface area contributed by atoms with Crippen LogP contribution in [-0.4, -0.2) is 30.2 Å². The number of methoxy groups -OCH3 is 1. The normalized spacial score (nSPS) is 33.6. The molecule has 5 rings (SSSR count). The Bertz CT molecular complexity index is 450. The molecule has 0 spiro atoms. The van der Waals surface area contributed by atoms with E-state index < -0.39 is 0 Å². The maximum Gasteiger partial charge on any atom is 2.00 e. The Hall–Kier alpha value is 1.15. The van der Waals surface area contributed by atoms with Gasteiger partial charge in [0.2, 0.25) is 0 Å². The van der Waals surface area contributed by atoms with Crippen molar-refractivity contribution < 1.29 is 53.0 Å². The summed E-state index contributed by atoms with van der Waals surface area (Å²) in [4.78, 5) is 0. The van der Waals surface area contributed by atoms with Crippen LogP contribution in [0.4, 0.5) is 0 Å². The second-order valence-corrected chi connectivity index (χ2v) is 6.82. The number of halogens is 2. The van der Waals surface area contributed by atoms with Crippen LogP contribution in [0.25, 0.3) is 0 Å². The third-order valence-corrected chi connectivity index (χ3v) is 5.66. The van der Waals surface area contributed by atoms with Gasteiger partial charge in [-0.15, -0.1) is 11.6 Å². The van der Waals surface area contributed by atoms with Crippen LogP contribution in [0.5, 0.6) is 5.75 Å². The van der Waals surface area contributed by atoms with E-state index in [9.17, 15) is 0 Å². The number of hydrogen-bond donors (Lipinski definition) is 0. The van der Waals surface area contributed by atoms with E-state index in [-0.39, 0.29) is 71.3 Å². The molecule has 22 heavy (non-hydrogen) atoms. The van der Waals surface area contributed by atoms with Crippen molar-refractivity contribution in [3.05, 3.63) is 29.8 Å². The van der Waals surface area contributed by atoms with Gasteiger partial charge >= 0.3 is 41.9 Å². The molecule has 0 aliphatic heterocycles. The molecule has 0 unspecified atom stereocenters. The summed E-state index contributed by atoms with van der Waals surface area (Å²) < 4.78 is 5.60. The summed E-state index contributed by atoms with van der Waals surface area (Å²) in [6, 6.07) is 9.52. The Morgan fingerprint density at radius 2 is 1.59 bits per heavy atom. The molecule has 0 amide bonds. The van der Waals surface area contributed by atoms with Crippen LogP contribution in [0.1, 0.15) is 44.1 Å². The molecule has 0 heterocycles. The molecule has 4 aliphatic rings. The zero-order valence-corrected chi connectivity index (χ0v) is 17.3. The number of benzene rings is 1. The Labute approximate surface area is 179 Å². The molecule has 0 saturated heterocycles. The van der Waals surface area contributed by atoms with Gasteiger partial charge in [0, 0.05) is 5.75 Å². The minimum Gasteiger partial charge on any atom is -1.00 e. The predicted octanol–water partition coefficient (Wildman–Crippen LogP) is -5.41. The molecule has 0 atom stereocenters. The molecule has 4 aliphatic carbocycles. The monoisotopic (exact) mass is 386 g/mol. The van der Waals surface area contributed by atoms with E-state index in [0.717, 1.165) is 23.5 Å². The fourth-order valence-electron chi connectivity index (χ4n) is 5.46.